The first kappa shape index (κ1) is 17.7. The molecule has 6 nitrogen and oxygen atoms in total. The van der Waals surface area contributed by atoms with Gasteiger partial charge in [-0.15, -0.1) is 0 Å². The highest BCUT2D eigenvalue weighted by molar-refractivity contribution is 7.89. The third kappa shape index (κ3) is 4.94. The number of nitrogens with one attached hydrogen (secondary N) is 2. The maximum absolute atomic E-state index is 11.8. The number of urea groups is 1. The van der Waals surface area contributed by atoms with Gasteiger partial charge in [-0.2, -0.15) is 0 Å². The van der Waals surface area contributed by atoms with Crippen LogP contribution >= 0.6 is 0 Å². The largest absolute Gasteiger partial charge is 0.337 e. The second-order valence-corrected chi connectivity index (χ2v) is 8.87. The van der Waals surface area contributed by atoms with Crippen molar-refractivity contribution in [2.75, 3.05) is 30.7 Å². The Morgan fingerprint density at radius 3 is 2.39 bits per heavy atom. The quantitative estimate of drug-likeness (QED) is 0.882. The number of nitrogens with zero attached hydrogens (tertiary/aromatic N) is 1. The lowest BCUT2D eigenvalue weighted by molar-refractivity contribution is 0.251. The van der Waals surface area contributed by atoms with Gasteiger partial charge in [-0.25, -0.2) is 17.5 Å². The number of sulfonamides is 1. The minimum atomic E-state index is -3.10. The molecule has 2 N–H and O–H groups in total. The lowest BCUT2D eigenvalue weighted by Crippen LogP contribution is -2.37. The molecule has 1 aliphatic heterocycles. The highest BCUT2D eigenvalue weighted by Crippen LogP contribution is 2.23. The molecule has 0 saturated carbocycles. The molecule has 0 bridgehead atoms. The van der Waals surface area contributed by atoms with Gasteiger partial charge in [0.1, 0.15) is 0 Å². The number of amides is 2. The van der Waals surface area contributed by atoms with Crippen LogP contribution < -0.4 is 10.6 Å². The maximum Gasteiger partial charge on any atom is 0.319 e. The molecule has 0 atom stereocenters. The van der Waals surface area contributed by atoms with Crippen molar-refractivity contribution in [3.63, 3.8) is 0 Å². The zero-order valence-electron chi connectivity index (χ0n) is 13.9. The van der Waals surface area contributed by atoms with Crippen molar-refractivity contribution in [3.8, 4) is 0 Å². The first-order valence-corrected chi connectivity index (χ1v) is 9.43. The van der Waals surface area contributed by atoms with Crippen LogP contribution in [0.15, 0.2) is 24.3 Å². The summed E-state index contributed by atoms with van der Waals surface area (Å²) in [5.41, 5.74) is 1.98. The molecule has 0 aliphatic carbocycles. The van der Waals surface area contributed by atoms with E-state index in [9.17, 15) is 13.2 Å². The Labute approximate surface area is 138 Å². The van der Waals surface area contributed by atoms with Gasteiger partial charge in [0, 0.05) is 25.3 Å². The standard InChI is InChI=1S/C16H25N3O3S/c1-16(2,3)13-5-7-14(8-6-13)18-15(20)17-9-11-19-10-4-12-23(19,21)22/h5-8H,4,9-12H2,1-3H3,(H2,17,18,20). The van der Waals surface area contributed by atoms with E-state index >= 15 is 0 Å². The van der Waals surface area contributed by atoms with E-state index in [1.807, 2.05) is 24.3 Å². The molecular formula is C16H25N3O3S. The number of rotatable bonds is 4. The highest BCUT2D eigenvalue weighted by Gasteiger charge is 2.27. The van der Waals surface area contributed by atoms with Crippen molar-refractivity contribution in [2.45, 2.75) is 32.6 Å². The van der Waals surface area contributed by atoms with Gasteiger partial charge < -0.3 is 10.6 Å². The van der Waals surface area contributed by atoms with Gasteiger partial charge in [0.2, 0.25) is 10.0 Å². The van der Waals surface area contributed by atoms with E-state index < -0.39 is 10.0 Å². The van der Waals surface area contributed by atoms with Crippen LogP contribution in [0.5, 0.6) is 0 Å². The van der Waals surface area contributed by atoms with Gasteiger partial charge in [0.25, 0.3) is 0 Å². The summed E-state index contributed by atoms with van der Waals surface area (Å²) in [5, 5.41) is 5.43. The molecule has 1 aromatic carbocycles. The molecule has 1 aromatic rings. The van der Waals surface area contributed by atoms with Crippen LogP contribution in [-0.2, 0) is 15.4 Å². The number of carbonyl (C=O) groups excluding carboxylic acids is 1. The van der Waals surface area contributed by atoms with Crippen LogP contribution in [0.4, 0.5) is 10.5 Å². The summed E-state index contributed by atoms with van der Waals surface area (Å²) in [6, 6.07) is 7.39. The van der Waals surface area contributed by atoms with E-state index in [0.717, 1.165) is 0 Å². The Morgan fingerprint density at radius 2 is 1.87 bits per heavy atom. The molecular weight excluding hydrogens is 314 g/mol. The zero-order chi connectivity index (χ0) is 17.1. The summed E-state index contributed by atoms with van der Waals surface area (Å²) in [5.74, 6) is 0.208. The fourth-order valence-electron chi connectivity index (χ4n) is 2.47. The Morgan fingerprint density at radius 1 is 1.22 bits per heavy atom. The monoisotopic (exact) mass is 339 g/mol. The van der Waals surface area contributed by atoms with Crippen molar-refractivity contribution in [1.82, 2.24) is 9.62 Å². The fourth-order valence-corrected chi connectivity index (χ4v) is 3.99. The topological polar surface area (TPSA) is 78.5 Å². The summed E-state index contributed by atoms with van der Waals surface area (Å²) in [6.07, 6.45) is 0.661. The smallest absolute Gasteiger partial charge is 0.319 e. The van der Waals surface area contributed by atoms with E-state index in [0.29, 0.717) is 31.7 Å². The average Bonchev–Trinajstić information content (AvgIpc) is 2.77. The molecule has 1 saturated heterocycles. The molecule has 1 aliphatic rings. The summed E-state index contributed by atoms with van der Waals surface area (Å²) in [7, 11) is -3.10. The maximum atomic E-state index is 11.8. The molecule has 2 amide bonds. The minimum Gasteiger partial charge on any atom is -0.337 e. The van der Waals surface area contributed by atoms with Crippen molar-refractivity contribution in [3.05, 3.63) is 29.8 Å². The predicted octanol–water partition coefficient (Wildman–Crippen LogP) is 2.14. The van der Waals surface area contributed by atoms with Crippen LogP contribution in [0.1, 0.15) is 32.8 Å². The molecule has 23 heavy (non-hydrogen) atoms. The lowest BCUT2D eigenvalue weighted by Gasteiger charge is -2.19. The molecule has 0 radical (unpaired) electrons. The molecule has 0 aromatic heterocycles. The number of hydrogen-bond acceptors (Lipinski definition) is 3. The van der Waals surface area contributed by atoms with Gasteiger partial charge in [-0.3, -0.25) is 0 Å². The van der Waals surface area contributed by atoms with Crippen molar-refractivity contribution < 1.29 is 13.2 Å². The van der Waals surface area contributed by atoms with Gasteiger partial charge >= 0.3 is 6.03 Å². The van der Waals surface area contributed by atoms with Crippen LogP contribution in [-0.4, -0.2) is 44.1 Å². The second-order valence-electron chi connectivity index (χ2n) is 6.78. The van der Waals surface area contributed by atoms with Gasteiger partial charge in [-0.05, 0) is 29.5 Å². The Bertz CT molecular complexity index is 648. The summed E-state index contributed by atoms with van der Waals surface area (Å²) in [6.45, 7) is 7.56. The van der Waals surface area contributed by atoms with Crippen molar-refractivity contribution >= 4 is 21.7 Å². The fraction of sp³-hybridized carbons (Fsp3) is 0.562. The normalized spacial score (nSPS) is 17.9. The predicted molar refractivity (Wildman–Crippen MR) is 92.1 cm³/mol. The average molecular weight is 339 g/mol. The Balaban J connectivity index is 1.79. The van der Waals surface area contributed by atoms with Crippen molar-refractivity contribution in [1.29, 1.82) is 0 Å². The van der Waals surface area contributed by atoms with Crippen LogP contribution in [0.25, 0.3) is 0 Å². The zero-order valence-corrected chi connectivity index (χ0v) is 14.7. The number of carbonyl (C=O) groups is 1. The molecule has 1 heterocycles. The SMILES string of the molecule is CC(C)(C)c1ccc(NC(=O)NCCN2CCCS2(=O)=O)cc1. The number of anilines is 1. The Hall–Kier alpha value is -1.60. The molecule has 0 spiro atoms. The molecule has 128 valence electrons. The van der Waals surface area contributed by atoms with E-state index in [2.05, 4.69) is 31.4 Å². The second kappa shape index (κ2) is 6.88. The van der Waals surface area contributed by atoms with Crippen LogP contribution in [0.3, 0.4) is 0 Å². The molecule has 7 heteroatoms. The highest BCUT2D eigenvalue weighted by atomic mass is 32.2. The lowest BCUT2D eigenvalue weighted by atomic mass is 9.87. The van der Waals surface area contributed by atoms with Crippen LogP contribution in [0, 0.1) is 0 Å². The van der Waals surface area contributed by atoms with E-state index in [1.54, 1.807) is 0 Å². The summed E-state index contributed by atoms with van der Waals surface area (Å²) < 4.78 is 24.7. The molecule has 2 rings (SSSR count). The first-order chi connectivity index (χ1) is 10.7. The van der Waals surface area contributed by atoms with Crippen LogP contribution in [0.2, 0.25) is 0 Å². The number of benzene rings is 1. The third-order valence-electron chi connectivity index (χ3n) is 3.86. The van der Waals surface area contributed by atoms with E-state index in [1.165, 1.54) is 9.87 Å². The molecule has 1 fully saturated rings. The van der Waals surface area contributed by atoms with Gasteiger partial charge in [0.05, 0.1) is 5.75 Å². The molecule has 0 unspecified atom stereocenters. The summed E-state index contributed by atoms with van der Waals surface area (Å²) in [4.78, 5) is 11.8. The van der Waals surface area contributed by atoms with Crippen molar-refractivity contribution in [2.24, 2.45) is 0 Å². The van der Waals surface area contributed by atoms with Gasteiger partial charge in [0.15, 0.2) is 0 Å². The number of hydrogen-bond donors (Lipinski definition) is 2. The first-order valence-electron chi connectivity index (χ1n) is 7.82. The van der Waals surface area contributed by atoms with E-state index in [-0.39, 0.29) is 17.2 Å². The Kier molecular flexibility index (Phi) is 5.31. The third-order valence-corrected chi connectivity index (χ3v) is 5.82. The van der Waals surface area contributed by atoms with E-state index in [4.69, 9.17) is 0 Å². The van der Waals surface area contributed by atoms with Gasteiger partial charge in [-0.1, -0.05) is 32.9 Å². The minimum absolute atomic E-state index is 0.0714. The summed E-state index contributed by atoms with van der Waals surface area (Å²) >= 11 is 0.